The molecule has 0 spiro atoms. The molecule has 0 aliphatic rings. The molecule has 0 amide bonds. The number of anilines is 1. The SMILES string of the molecule is CC(C)CNS(=O)(=O)Nc1cccc(F)c1C(=O)O. The van der Waals surface area contributed by atoms with Crippen LogP contribution in [0, 0.1) is 11.7 Å². The number of aromatic carboxylic acids is 1. The van der Waals surface area contributed by atoms with Gasteiger partial charge in [0.1, 0.15) is 11.4 Å². The molecule has 3 N–H and O–H groups in total. The van der Waals surface area contributed by atoms with Crippen molar-refractivity contribution < 1.29 is 22.7 Å². The summed E-state index contributed by atoms with van der Waals surface area (Å²) in [5.74, 6) is -2.46. The Bertz CT molecular complexity index is 572. The first kappa shape index (κ1) is 15.4. The summed E-state index contributed by atoms with van der Waals surface area (Å²) in [5, 5.41) is 8.87. The molecule has 0 atom stereocenters. The van der Waals surface area contributed by atoms with Crippen molar-refractivity contribution in [2.45, 2.75) is 13.8 Å². The number of nitrogens with one attached hydrogen (secondary N) is 2. The molecule has 0 heterocycles. The highest BCUT2D eigenvalue weighted by Gasteiger charge is 2.19. The third-order valence-electron chi connectivity index (χ3n) is 2.15. The summed E-state index contributed by atoms with van der Waals surface area (Å²) < 4.78 is 40.9. The van der Waals surface area contributed by atoms with Crippen LogP contribution in [0.3, 0.4) is 0 Å². The molecule has 0 unspecified atom stereocenters. The van der Waals surface area contributed by atoms with Crippen molar-refractivity contribution in [3.8, 4) is 0 Å². The Morgan fingerprint density at radius 2 is 2.05 bits per heavy atom. The van der Waals surface area contributed by atoms with Crippen LogP contribution in [-0.2, 0) is 10.2 Å². The fraction of sp³-hybridized carbons (Fsp3) is 0.364. The summed E-state index contributed by atoms with van der Waals surface area (Å²) in [5.41, 5.74) is -1.03. The van der Waals surface area contributed by atoms with Crippen LogP contribution in [-0.4, -0.2) is 26.0 Å². The molecule has 8 heteroatoms. The average molecular weight is 290 g/mol. The van der Waals surface area contributed by atoms with Gasteiger partial charge >= 0.3 is 5.97 Å². The van der Waals surface area contributed by atoms with Gasteiger partial charge in [0.15, 0.2) is 0 Å². The van der Waals surface area contributed by atoms with Crippen molar-refractivity contribution in [3.63, 3.8) is 0 Å². The van der Waals surface area contributed by atoms with E-state index in [9.17, 15) is 17.6 Å². The van der Waals surface area contributed by atoms with Gasteiger partial charge in [-0.15, -0.1) is 0 Å². The highest BCUT2D eigenvalue weighted by Crippen LogP contribution is 2.19. The second-order valence-electron chi connectivity index (χ2n) is 4.32. The van der Waals surface area contributed by atoms with E-state index in [0.717, 1.165) is 6.07 Å². The number of rotatable bonds is 6. The third kappa shape index (κ3) is 4.49. The molecule has 0 saturated carbocycles. The third-order valence-corrected chi connectivity index (χ3v) is 3.19. The lowest BCUT2D eigenvalue weighted by molar-refractivity contribution is 0.0693. The lowest BCUT2D eigenvalue weighted by atomic mass is 10.2. The molecule has 0 bridgehead atoms. The average Bonchev–Trinajstić information content (AvgIpc) is 2.25. The molecule has 6 nitrogen and oxygen atoms in total. The molecular weight excluding hydrogens is 275 g/mol. The van der Waals surface area contributed by atoms with E-state index in [-0.39, 0.29) is 18.2 Å². The zero-order valence-corrected chi connectivity index (χ0v) is 11.3. The minimum absolute atomic E-state index is 0.0861. The number of hydrogen-bond donors (Lipinski definition) is 3. The van der Waals surface area contributed by atoms with E-state index in [1.54, 1.807) is 0 Å². The highest BCUT2D eigenvalue weighted by molar-refractivity contribution is 7.90. The lowest BCUT2D eigenvalue weighted by Crippen LogP contribution is -2.33. The Morgan fingerprint density at radius 3 is 2.58 bits per heavy atom. The number of benzene rings is 1. The summed E-state index contributed by atoms with van der Waals surface area (Å²) in [6.07, 6.45) is 0. The van der Waals surface area contributed by atoms with Gasteiger partial charge in [-0.2, -0.15) is 13.1 Å². The first-order valence-electron chi connectivity index (χ1n) is 5.52. The van der Waals surface area contributed by atoms with Crippen LogP contribution in [0.4, 0.5) is 10.1 Å². The van der Waals surface area contributed by atoms with Crippen LogP contribution in [0.25, 0.3) is 0 Å². The van der Waals surface area contributed by atoms with E-state index in [1.807, 2.05) is 18.6 Å². The maximum absolute atomic E-state index is 13.4. The first-order chi connectivity index (χ1) is 8.73. The lowest BCUT2D eigenvalue weighted by Gasteiger charge is -2.12. The fourth-order valence-corrected chi connectivity index (χ4v) is 2.37. The van der Waals surface area contributed by atoms with E-state index in [4.69, 9.17) is 5.11 Å². The number of hydrogen-bond acceptors (Lipinski definition) is 3. The normalized spacial score (nSPS) is 11.6. The second-order valence-corrected chi connectivity index (χ2v) is 5.82. The Balaban J connectivity index is 3.00. The van der Waals surface area contributed by atoms with Gasteiger partial charge in [-0.1, -0.05) is 19.9 Å². The van der Waals surface area contributed by atoms with Gasteiger partial charge in [-0.3, -0.25) is 4.72 Å². The summed E-state index contributed by atoms with van der Waals surface area (Å²) in [7, 11) is -3.93. The van der Waals surface area contributed by atoms with Crippen LogP contribution in [0.2, 0.25) is 0 Å². The molecule has 106 valence electrons. The van der Waals surface area contributed by atoms with Gasteiger partial charge in [0.2, 0.25) is 0 Å². The number of carbonyl (C=O) groups is 1. The minimum Gasteiger partial charge on any atom is -0.478 e. The number of carboxylic acids is 1. The van der Waals surface area contributed by atoms with Crippen molar-refractivity contribution in [1.82, 2.24) is 4.72 Å². The Labute approximate surface area is 110 Å². The zero-order chi connectivity index (χ0) is 14.6. The molecule has 1 aromatic rings. The van der Waals surface area contributed by atoms with E-state index < -0.39 is 27.6 Å². The van der Waals surface area contributed by atoms with Gasteiger partial charge in [0.05, 0.1) is 5.69 Å². The van der Waals surface area contributed by atoms with Crippen molar-refractivity contribution in [3.05, 3.63) is 29.6 Å². The van der Waals surface area contributed by atoms with Crippen LogP contribution >= 0.6 is 0 Å². The summed E-state index contributed by atoms with van der Waals surface area (Å²) >= 11 is 0. The number of carboxylic acid groups (broad SMARTS) is 1. The topological polar surface area (TPSA) is 95.5 Å². The van der Waals surface area contributed by atoms with Crippen molar-refractivity contribution in [2.24, 2.45) is 5.92 Å². The van der Waals surface area contributed by atoms with Gasteiger partial charge in [-0.05, 0) is 18.1 Å². The molecule has 0 saturated heterocycles. The highest BCUT2D eigenvalue weighted by atomic mass is 32.2. The minimum atomic E-state index is -3.93. The molecular formula is C11H15FN2O4S. The van der Waals surface area contributed by atoms with Crippen LogP contribution in [0.5, 0.6) is 0 Å². The number of halogens is 1. The zero-order valence-electron chi connectivity index (χ0n) is 10.5. The molecule has 0 aromatic heterocycles. The molecule has 19 heavy (non-hydrogen) atoms. The van der Waals surface area contributed by atoms with Crippen molar-refractivity contribution in [2.75, 3.05) is 11.3 Å². The van der Waals surface area contributed by atoms with Gasteiger partial charge in [0, 0.05) is 6.54 Å². The Kier molecular flexibility index (Phi) is 4.84. The predicted molar refractivity (Wildman–Crippen MR) is 68.7 cm³/mol. The van der Waals surface area contributed by atoms with Crippen LogP contribution in [0.1, 0.15) is 24.2 Å². The fourth-order valence-electron chi connectivity index (χ4n) is 1.28. The monoisotopic (exact) mass is 290 g/mol. The maximum atomic E-state index is 13.4. The second kappa shape index (κ2) is 5.98. The predicted octanol–water partition coefficient (Wildman–Crippen LogP) is 1.43. The molecule has 1 rings (SSSR count). The summed E-state index contributed by atoms with van der Waals surface area (Å²) in [6, 6.07) is 3.35. The summed E-state index contributed by atoms with van der Waals surface area (Å²) in [4.78, 5) is 10.9. The van der Waals surface area contributed by atoms with Gasteiger partial charge in [-0.25, -0.2) is 9.18 Å². The molecule has 1 aromatic carbocycles. The van der Waals surface area contributed by atoms with Gasteiger partial charge < -0.3 is 5.11 Å². The molecule has 0 aliphatic heterocycles. The van der Waals surface area contributed by atoms with E-state index in [0.29, 0.717) is 0 Å². The van der Waals surface area contributed by atoms with Crippen molar-refractivity contribution in [1.29, 1.82) is 0 Å². The van der Waals surface area contributed by atoms with E-state index >= 15 is 0 Å². The standard InChI is InChI=1S/C11H15FN2O4S/c1-7(2)6-13-19(17,18)14-9-5-3-4-8(12)10(9)11(15)16/h3-5,7,13-14H,6H2,1-2H3,(H,15,16). The smallest absolute Gasteiger partial charge is 0.340 e. The molecule has 0 radical (unpaired) electrons. The first-order valence-corrected chi connectivity index (χ1v) is 7.00. The summed E-state index contributed by atoms with van der Waals surface area (Å²) in [6.45, 7) is 3.81. The van der Waals surface area contributed by atoms with E-state index in [2.05, 4.69) is 4.72 Å². The van der Waals surface area contributed by atoms with Crippen LogP contribution < -0.4 is 9.44 Å². The molecule has 0 aliphatic carbocycles. The van der Waals surface area contributed by atoms with Crippen LogP contribution in [0.15, 0.2) is 18.2 Å². The Hall–Kier alpha value is -1.67. The van der Waals surface area contributed by atoms with Crippen molar-refractivity contribution >= 4 is 21.9 Å². The Morgan fingerprint density at radius 1 is 1.42 bits per heavy atom. The van der Waals surface area contributed by atoms with Gasteiger partial charge in [0.25, 0.3) is 10.2 Å². The quantitative estimate of drug-likeness (QED) is 0.738. The molecule has 0 fully saturated rings. The maximum Gasteiger partial charge on any atom is 0.340 e. The van der Waals surface area contributed by atoms with E-state index in [1.165, 1.54) is 12.1 Å². The largest absolute Gasteiger partial charge is 0.478 e.